The van der Waals surface area contributed by atoms with Crippen LogP contribution in [0, 0.1) is 0 Å². The quantitative estimate of drug-likeness (QED) is 0.898. The van der Waals surface area contributed by atoms with E-state index in [1.165, 1.54) is 12.0 Å². The molecule has 1 amide bonds. The zero-order valence-electron chi connectivity index (χ0n) is 11.5. The number of aliphatic carboxylic acids is 1. The lowest BCUT2D eigenvalue weighted by Crippen LogP contribution is -2.54. The van der Waals surface area contributed by atoms with Gasteiger partial charge in [0.05, 0.1) is 31.4 Å². The number of carboxylic acids is 1. The molecule has 1 aromatic carbocycles. The number of para-hydroxylation sites is 2. The van der Waals surface area contributed by atoms with Crippen molar-refractivity contribution < 1.29 is 24.2 Å². The summed E-state index contributed by atoms with van der Waals surface area (Å²) in [6.45, 7) is 1.73. The van der Waals surface area contributed by atoms with Crippen LogP contribution in [-0.2, 0) is 14.3 Å². The molecule has 0 aliphatic carbocycles. The molecule has 20 heavy (non-hydrogen) atoms. The largest absolute Gasteiger partial charge is 0.495 e. The Morgan fingerprint density at radius 3 is 2.85 bits per heavy atom. The Bertz CT molecular complexity index is 530. The molecular weight excluding hydrogens is 262 g/mol. The molecule has 0 bridgehead atoms. The Labute approximate surface area is 116 Å². The van der Waals surface area contributed by atoms with E-state index >= 15 is 0 Å². The van der Waals surface area contributed by atoms with Crippen molar-refractivity contribution in [1.82, 2.24) is 0 Å². The molecule has 1 atom stereocenters. The van der Waals surface area contributed by atoms with E-state index in [9.17, 15) is 9.59 Å². The van der Waals surface area contributed by atoms with Crippen molar-refractivity contribution in [1.29, 1.82) is 0 Å². The molecule has 1 fully saturated rings. The zero-order valence-corrected chi connectivity index (χ0v) is 11.5. The summed E-state index contributed by atoms with van der Waals surface area (Å²) in [4.78, 5) is 24.5. The minimum atomic E-state index is -0.957. The standard InChI is InChI=1S/C14H17NO5/c1-14(7-13(17)18)9-15(12(16)8-20-14)10-5-3-4-6-11(10)19-2/h3-6H,7-9H2,1-2H3,(H,17,18). The Morgan fingerprint density at radius 1 is 1.50 bits per heavy atom. The van der Waals surface area contributed by atoms with Gasteiger partial charge in [0.2, 0.25) is 0 Å². The van der Waals surface area contributed by atoms with Gasteiger partial charge in [0.25, 0.3) is 5.91 Å². The van der Waals surface area contributed by atoms with Crippen molar-refractivity contribution in [3.05, 3.63) is 24.3 Å². The summed E-state index contributed by atoms with van der Waals surface area (Å²) in [5.74, 6) is -0.598. The second-order valence-corrected chi connectivity index (χ2v) is 4.96. The van der Waals surface area contributed by atoms with Gasteiger partial charge < -0.3 is 19.5 Å². The first-order valence-corrected chi connectivity index (χ1v) is 6.24. The Kier molecular flexibility index (Phi) is 3.94. The minimum absolute atomic E-state index is 0.137. The molecule has 0 radical (unpaired) electrons. The number of amides is 1. The number of carbonyl (C=O) groups excluding carboxylic acids is 1. The number of hydrogen-bond donors (Lipinski definition) is 1. The fraction of sp³-hybridized carbons (Fsp3) is 0.429. The highest BCUT2D eigenvalue weighted by atomic mass is 16.5. The van der Waals surface area contributed by atoms with Crippen LogP contribution in [0.4, 0.5) is 5.69 Å². The van der Waals surface area contributed by atoms with Crippen molar-refractivity contribution in [3.63, 3.8) is 0 Å². The van der Waals surface area contributed by atoms with Crippen LogP contribution in [0.5, 0.6) is 5.75 Å². The van der Waals surface area contributed by atoms with Gasteiger partial charge in [-0.05, 0) is 19.1 Å². The molecule has 1 N–H and O–H groups in total. The van der Waals surface area contributed by atoms with Gasteiger partial charge >= 0.3 is 5.97 Å². The molecule has 1 saturated heterocycles. The molecule has 1 aliphatic heterocycles. The normalized spacial score (nSPS) is 22.7. The topological polar surface area (TPSA) is 76.1 Å². The number of carboxylic acid groups (broad SMARTS) is 1. The third-order valence-corrected chi connectivity index (χ3v) is 3.24. The average Bonchev–Trinajstić information content (AvgIpc) is 2.41. The maximum Gasteiger partial charge on any atom is 0.306 e. The van der Waals surface area contributed by atoms with Crippen LogP contribution in [-0.4, -0.2) is 42.8 Å². The van der Waals surface area contributed by atoms with Crippen molar-refractivity contribution in [2.75, 3.05) is 25.2 Å². The molecule has 1 heterocycles. The molecular formula is C14H17NO5. The molecule has 1 aromatic rings. The molecule has 1 unspecified atom stereocenters. The number of ether oxygens (including phenoxy) is 2. The lowest BCUT2D eigenvalue weighted by atomic mass is 9.99. The van der Waals surface area contributed by atoms with E-state index in [1.807, 2.05) is 6.07 Å². The Morgan fingerprint density at radius 2 is 2.20 bits per heavy atom. The molecule has 0 saturated carbocycles. The highest BCUT2D eigenvalue weighted by Crippen LogP contribution is 2.32. The summed E-state index contributed by atoms with van der Waals surface area (Å²) in [6, 6.07) is 7.13. The van der Waals surface area contributed by atoms with Crippen LogP contribution in [0.2, 0.25) is 0 Å². The van der Waals surface area contributed by atoms with Gasteiger partial charge in [0, 0.05) is 0 Å². The average molecular weight is 279 g/mol. The highest BCUT2D eigenvalue weighted by molar-refractivity contribution is 5.96. The molecule has 6 heteroatoms. The Balaban J connectivity index is 2.29. The molecule has 0 aromatic heterocycles. The van der Waals surface area contributed by atoms with Crippen molar-refractivity contribution in [2.24, 2.45) is 0 Å². The number of morpholine rings is 1. The second-order valence-electron chi connectivity index (χ2n) is 4.96. The molecule has 108 valence electrons. The predicted octanol–water partition coefficient (Wildman–Crippen LogP) is 1.29. The van der Waals surface area contributed by atoms with Crippen LogP contribution in [0.25, 0.3) is 0 Å². The van der Waals surface area contributed by atoms with Gasteiger partial charge in [-0.3, -0.25) is 9.59 Å². The number of nitrogens with zero attached hydrogens (tertiary/aromatic N) is 1. The summed E-state index contributed by atoms with van der Waals surface area (Å²) >= 11 is 0. The van der Waals surface area contributed by atoms with Gasteiger partial charge in [0.15, 0.2) is 0 Å². The molecule has 6 nitrogen and oxygen atoms in total. The van der Waals surface area contributed by atoms with E-state index in [1.54, 1.807) is 25.1 Å². The number of benzene rings is 1. The first-order chi connectivity index (χ1) is 9.45. The summed E-state index contributed by atoms with van der Waals surface area (Å²) < 4.78 is 10.6. The zero-order chi connectivity index (χ0) is 14.8. The maximum absolute atomic E-state index is 12.0. The molecule has 0 spiro atoms. The summed E-state index contributed by atoms with van der Waals surface area (Å²) in [5, 5.41) is 8.95. The summed E-state index contributed by atoms with van der Waals surface area (Å²) in [6.07, 6.45) is -0.161. The van der Waals surface area contributed by atoms with E-state index in [0.717, 1.165) is 0 Å². The monoisotopic (exact) mass is 279 g/mol. The number of hydrogen-bond acceptors (Lipinski definition) is 4. The fourth-order valence-electron chi connectivity index (χ4n) is 2.28. The second kappa shape index (κ2) is 5.50. The third kappa shape index (κ3) is 2.91. The van der Waals surface area contributed by atoms with Gasteiger partial charge in [0.1, 0.15) is 12.4 Å². The van der Waals surface area contributed by atoms with Gasteiger partial charge in [-0.2, -0.15) is 0 Å². The lowest BCUT2D eigenvalue weighted by Gasteiger charge is -2.39. The van der Waals surface area contributed by atoms with E-state index in [4.69, 9.17) is 14.6 Å². The van der Waals surface area contributed by atoms with Crippen molar-refractivity contribution in [2.45, 2.75) is 18.9 Å². The van der Waals surface area contributed by atoms with Crippen molar-refractivity contribution >= 4 is 17.6 Å². The first-order valence-electron chi connectivity index (χ1n) is 6.24. The number of rotatable bonds is 4. The number of carbonyl (C=O) groups is 2. The molecule has 2 rings (SSSR count). The summed E-state index contributed by atoms with van der Waals surface area (Å²) in [7, 11) is 1.53. The lowest BCUT2D eigenvalue weighted by molar-refractivity contribution is -0.151. The summed E-state index contributed by atoms with van der Waals surface area (Å²) in [5.41, 5.74) is -0.277. The third-order valence-electron chi connectivity index (χ3n) is 3.24. The van der Waals surface area contributed by atoms with Crippen LogP contribution in [0.1, 0.15) is 13.3 Å². The predicted molar refractivity (Wildman–Crippen MR) is 72.0 cm³/mol. The van der Waals surface area contributed by atoms with Crippen LogP contribution < -0.4 is 9.64 Å². The SMILES string of the molecule is COc1ccccc1N1CC(C)(CC(=O)O)OCC1=O. The van der Waals surface area contributed by atoms with Crippen LogP contribution >= 0.6 is 0 Å². The van der Waals surface area contributed by atoms with Gasteiger partial charge in [-0.15, -0.1) is 0 Å². The number of methoxy groups -OCH3 is 1. The highest BCUT2D eigenvalue weighted by Gasteiger charge is 2.39. The van der Waals surface area contributed by atoms with Gasteiger partial charge in [-0.1, -0.05) is 12.1 Å². The van der Waals surface area contributed by atoms with Crippen LogP contribution in [0.15, 0.2) is 24.3 Å². The van der Waals surface area contributed by atoms with Crippen molar-refractivity contribution in [3.8, 4) is 5.75 Å². The Hall–Kier alpha value is -2.08. The number of anilines is 1. The maximum atomic E-state index is 12.0. The van der Waals surface area contributed by atoms with E-state index in [0.29, 0.717) is 11.4 Å². The van der Waals surface area contributed by atoms with E-state index < -0.39 is 11.6 Å². The van der Waals surface area contributed by atoms with E-state index in [2.05, 4.69) is 0 Å². The molecule has 1 aliphatic rings. The smallest absolute Gasteiger partial charge is 0.306 e. The minimum Gasteiger partial charge on any atom is -0.495 e. The van der Waals surface area contributed by atoms with Crippen LogP contribution in [0.3, 0.4) is 0 Å². The van der Waals surface area contributed by atoms with E-state index in [-0.39, 0.29) is 25.5 Å². The fourth-order valence-corrected chi connectivity index (χ4v) is 2.28. The first kappa shape index (κ1) is 14.3. The van der Waals surface area contributed by atoms with Gasteiger partial charge in [-0.25, -0.2) is 0 Å².